The van der Waals surface area contributed by atoms with Crippen LogP contribution in [0.2, 0.25) is 0 Å². The molecular weight excluding hydrogens is 330 g/mol. The summed E-state index contributed by atoms with van der Waals surface area (Å²) in [6.07, 6.45) is 0. The molecule has 128 valence electrons. The lowest BCUT2D eigenvalue weighted by atomic mass is 10.2. The SMILES string of the molecule is CCOC(=O)c1cc(S(=O)(=O)c2ccc(C(C)=O)cc2)c(C)n1C. The van der Waals surface area contributed by atoms with Gasteiger partial charge in [-0.2, -0.15) is 0 Å². The van der Waals surface area contributed by atoms with Gasteiger partial charge < -0.3 is 9.30 Å². The molecule has 0 N–H and O–H groups in total. The molecule has 6 nitrogen and oxygen atoms in total. The zero-order valence-corrected chi connectivity index (χ0v) is 14.8. The fourth-order valence-corrected chi connectivity index (χ4v) is 3.88. The van der Waals surface area contributed by atoms with Crippen LogP contribution in [-0.4, -0.2) is 31.3 Å². The van der Waals surface area contributed by atoms with Gasteiger partial charge in [-0.05, 0) is 39.0 Å². The van der Waals surface area contributed by atoms with Crippen LogP contribution in [0, 0.1) is 6.92 Å². The molecule has 0 aliphatic heterocycles. The number of esters is 1. The Morgan fingerprint density at radius 3 is 2.25 bits per heavy atom. The summed E-state index contributed by atoms with van der Waals surface area (Å²) in [6, 6.07) is 7.05. The van der Waals surface area contributed by atoms with Crippen molar-refractivity contribution in [2.45, 2.75) is 30.6 Å². The Morgan fingerprint density at radius 2 is 1.75 bits per heavy atom. The second kappa shape index (κ2) is 6.60. The Bertz CT molecular complexity index is 892. The van der Waals surface area contributed by atoms with Gasteiger partial charge in [-0.1, -0.05) is 12.1 Å². The van der Waals surface area contributed by atoms with Crippen LogP contribution < -0.4 is 0 Å². The van der Waals surface area contributed by atoms with Crippen molar-refractivity contribution in [2.75, 3.05) is 6.61 Å². The normalized spacial score (nSPS) is 11.3. The molecule has 0 atom stereocenters. The van der Waals surface area contributed by atoms with Crippen molar-refractivity contribution in [3.63, 3.8) is 0 Å². The molecule has 2 rings (SSSR count). The molecule has 0 aliphatic rings. The maximum absolute atomic E-state index is 12.8. The minimum absolute atomic E-state index is 0.0450. The molecule has 0 saturated heterocycles. The van der Waals surface area contributed by atoms with E-state index >= 15 is 0 Å². The molecule has 0 aliphatic carbocycles. The van der Waals surface area contributed by atoms with Crippen molar-refractivity contribution in [2.24, 2.45) is 7.05 Å². The number of hydrogen-bond acceptors (Lipinski definition) is 5. The Labute approximate surface area is 141 Å². The molecule has 7 heteroatoms. The van der Waals surface area contributed by atoms with Crippen molar-refractivity contribution >= 4 is 21.6 Å². The van der Waals surface area contributed by atoms with Gasteiger partial charge in [-0.15, -0.1) is 0 Å². The summed E-state index contributed by atoms with van der Waals surface area (Å²) in [7, 11) is -2.19. The zero-order chi connectivity index (χ0) is 18.1. The highest BCUT2D eigenvalue weighted by Crippen LogP contribution is 2.27. The van der Waals surface area contributed by atoms with Crippen molar-refractivity contribution in [3.05, 3.63) is 47.3 Å². The summed E-state index contributed by atoms with van der Waals surface area (Å²) < 4.78 is 32.1. The Kier molecular flexibility index (Phi) is 4.94. The molecular formula is C17H19NO5S. The van der Waals surface area contributed by atoms with Crippen LogP contribution in [0.25, 0.3) is 0 Å². The molecule has 1 aromatic heterocycles. The van der Waals surface area contributed by atoms with E-state index in [0.717, 1.165) is 0 Å². The highest BCUT2D eigenvalue weighted by Gasteiger charge is 2.26. The second-order valence-corrected chi connectivity index (χ2v) is 7.26. The number of nitrogens with zero attached hydrogens (tertiary/aromatic N) is 1. The van der Waals surface area contributed by atoms with E-state index in [4.69, 9.17) is 4.74 Å². The summed E-state index contributed by atoms with van der Waals surface area (Å²) in [5, 5.41) is 0. The molecule has 0 saturated carbocycles. The van der Waals surface area contributed by atoms with Crippen molar-refractivity contribution < 1.29 is 22.7 Å². The number of aromatic nitrogens is 1. The number of Topliss-reactive ketones (excluding diaryl/α,β-unsaturated/α-hetero) is 1. The van der Waals surface area contributed by atoms with Gasteiger partial charge in [0.05, 0.1) is 16.4 Å². The third kappa shape index (κ3) is 3.12. The third-order valence-corrected chi connectivity index (χ3v) is 5.72. The first-order valence-corrected chi connectivity index (χ1v) is 8.88. The number of rotatable bonds is 5. The quantitative estimate of drug-likeness (QED) is 0.612. The smallest absolute Gasteiger partial charge is 0.354 e. The predicted octanol–water partition coefficient (Wildman–Crippen LogP) is 2.55. The number of ether oxygens (including phenoxy) is 1. The van der Waals surface area contributed by atoms with E-state index < -0.39 is 15.8 Å². The summed E-state index contributed by atoms with van der Waals surface area (Å²) in [5.74, 6) is -0.712. The fourth-order valence-electron chi connectivity index (χ4n) is 2.34. The van der Waals surface area contributed by atoms with E-state index in [1.807, 2.05) is 0 Å². The van der Waals surface area contributed by atoms with Crippen LogP contribution in [0.1, 0.15) is 40.4 Å². The molecule has 0 bridgehead atoms. The largest absolute Gasteiger partial charge is 0.461 e. The molecule has 2 aromatic rings. The lowest BCUT2D eigenvalue weighted by Gasteiger charge is -2.06. The van der Waals surface area contributed by atoms with Gasteiger partial charge in [-0.3, -0.25) is 4.79 Å². The Balaban J connectivity index is 2.52. The van der Waals surface area contributed by atoms with Gasteiger partial charge >= 0.3 is 5.97 Å². The van der Waals surface area contributed by atoms with Gasteiger partial charge in [0, 0.05) is 18.3 Å². The van der Waals surface area contributed by atoms with Crippen LogP contribution in [0.5, 0.6) is 0 Å². The third-order valence-electron chi connectivity index (χ3n) is 3.83. The Morgan fingerprint density at radius 1 is 1.17 bits per heavy atom. The predicted molar refractivity (Wildman–Crippen MR) is 88.0 cm³/mol. The summed E-state index contributed by atoms with van der Waals surface area (Å²) in [6.45, 7) is 4.93. The van der Waals surface area contributed by atoms with Gasteiger partial charge in [0.2, 0.25) is 9.84 Å². The molecule has 1 heterocycles. The Hall–Kier alpha value is -2.41. The molecule has 0 radical (unpaired) electrons. The highest BCUT2D eigenvalue weighted by atomic mass is 32.2. The highest BCUT2D eigenvalue weighted by molar-refractivity contribution is 7.91. The maximum atomic E-state index is 12.8. The first-order valence-electron chi connectivity index (χ1n) is 7.39. The van der Waals surface area contributed by atoms with Crippen LogP contribution >= 0.6 is 0 Å². The summed E-state index contributed by atoms with van der Waals surface area (Å²) >= 11 is 0. The number of sulfone groups is 1. The van der Waals surface area contributed by atoms with E-state index in [1.54, 1.807) is 20.9 Å². The monoisotopic (exact) mass is 349 g/mol. The first-order chi connectivity index (χ1) is 11.2. The van der Waals surface area contributed by atoms with Crippen molar-refractivity contribution in [1.29, 1.82) is 0 Å². The van der Waals surface area contributed by atoms with E-state index in [1.165, 1.54) is 41.8 Å². The maximum Gasteiger partial charge on any atom is 0.354 e. The number of carbonyl (C=O) groups is 2. The van der Waals surface area contributed by atoms with E-state index in [-0.39, 0.29) is 27.9 Å². The molecule has 0 amide bonds. The van der Waals surface area contributed by atoms with Gasteiger partial charge in [-0.25, -0.2) is 13.2 Å². The molecule has 1 aromatic carbocycles. The van der Waals surface area contributed by atoms with Crippen LogP contribution in [-0.2, 0) is 21.6 Å². The van der Waals surface area contributed by atoms with Gasteiger partial charge in [0.1, 0.15) is 5.69 Å². The van der Waals surface area contributed by atoms with Crippen LogP contribution in [0.15, 0.2) is 40.1 Å². The average Bonchev–Trinajstić information content (AvgIpc) is 2.84. The van der Waals surface area contributed by atoms with E-state index in [9.17, 15) is 18.0 Å². The van der Waals surface area contributed by atoms with Crippen LogP contribution in [0.4, 0.5) is 0 Å². The fraction of sp³-hybridized carbons (Fsp3) is 0.294. The van der Waals surface area contributed by atoms with E-state index in [2.05, 4.69) is 0 Å². The first kappa shape index (κ1) is 17.9. The number of benzene rings is 1. The van der Waals surface area contributed by atoms with Crippen LogP contribution in [0.3, 0.4) is 0 Å². The minimum Gasteiger partial charge on any atom is -0.461 e. The minimum atomic E-state index is -3.80. The summed E-state index contributed by atoms with van der Waals surface area (Å²) in [4.78, 5) is 23.4. The molecule has 0 unspecified atom stereocenters. The number of ketones is 1. The molecule has 0 fully saturated rings. The van der Waals surface area contributed by atoms with Crippen molar-refractivity contribution in [3.8, 4) is 0 Å². The number of carbonyl (C=O) groups excluding carboxylic acids is 2. The topological polar surface area (TPSA) is 82.4 Å². The van der Waals surface area contributed by atoms with Gasteiger partial charge in [0.15, 0.2) is 5.78 Å². The van der Waals surface area contributed by atoms with E-state index in [0.29, 0.717) is 11.3 Å². The second-order valence-electron chi connectivity index (χ2n) is 5.34. The van der Waals surface area contributed by atoms with Gasteiger partial charge in [0.25, 0.3) is 0 Å². The number of hydrogen-bond donors (Lipinski definition) is 0. The molecule has 0 spiro atoms. The lowest BCUT2D eigenvalue weighted by molar-refractivity contribution is 0.0515. The average molecular weight is 349 g/mol. The lowest BCUT2D eigenvalue weighted by Crippen LogP contribution is -2.10. The molecule has 24 heavy (non-hydrogen) atoms. The zero-order valence-electron chi connectivity index (χ0n) is 14.0. The standard InChI is InChI=1S/C17H19NO5S/c1-5-23-17(20)15-10-16(11(2)18(15)4)24(21,22)14-8-6-13(7-9-14)12(3)19/h6-10H,5H2,1-4H3. The summed E-state index contributed by atoms with van der Waals surface area (Å²) in [5.41, 5.74) is 1.05. The van der Waals surface area contributed by atoms with Crippen molar-refractivity contribution in [1.82, 2.24) is 4.57 Å².